The molecule has 2 rings (SSSR count). The van der Waals surface area contributed by atoms with E-state index < -0.39 is 0 Å². The second-order valence-electron chi connectivity index (χ2n) is 4.00. The number of hydrogen-bond donors (Lipinski definition) is 1. The number of aromatic nitrogens is 1. The summed E-state index contributed by atoms with van der Waals surface area (Å²) in [6, 6.07) is 2.03. The summed E-state index contributed by atoms with van der Waals surface area (Å²) < 4.78 is 2.06. The van der Waals surface area contributed by atoms with Gasteiger partial charge in [0.2, 0.25) is 0 Å². The minimum absolute atomic E-state index is 0.369. The Bertz CT molecular complexity index is 348. The summed E-state index contributed by atoms with van der Waals surface area (Å²) >= 11 is 6.89. The molecule has 14 heavy (non-hydrogen) atoms. The second kappa shape index (κ2) is 3.91. The van der Waals surface area contributed by atoms with Gasteiger partial charge in [-0.1, -0.05) is 0 Å². The Morgan fingerprint density at radius 3 is 2.79 bits per heavy atom. The molecule has 0 aromatic carbocycles. The van der Waals surface area contributed by atoms with Crippen LogP contribution in [-0.2, 0) is 6.54 Å². The zero-order valence-electron chi connectivity index (χ0n) is 7.98. The Morgan fingerprint density at radius 2 is 2.21 bits per heavy atom. The molecule has 0 radical (unpaired) electrons. The standard InChI is InChI=1S/C10H12Br2N2/c1-10(2-3-10)14-6-9-8(12)4-7(11)5-13-9/h4-5,14H,2-3,6H2,1H3. The lowest BCUT2D eigenvalue weighted by atomic mass is 10.3. The Hall–Kier alpha value is 0.0700. The minimum Gasteiger partial charge on any atom is -0.306 e. The van der Waals surface area contributed by atoms with Crippen LogP contribution in [-0.4, -0.2) is 10.5 Å². The number of rotatable bonds is 3. The Labute approximate surface area is 101 Å². The van der Waals surface area contributed by atoms with Crippen LogP contribution in [0, 0.1) is 0 Å². The summed E-state index contributed by atoms with van der Waals surface area (Å²) in [7, 11) is 0. The molecule has 0 amide bonds. The number of halogens is 2. The van der Waals surface area contributed by atoms with Crippen molar-refractivity contribution < 1.29 is 0 Å². The van der Waals surface area contributed by atoms with Crippen LogP contribution >= 0.6 is 31.9 Å². The maximum absolute atomic E-state index is 4.35. The molecule has 4 heteroatoms. The molecular weight excluding hydrogens is 308 g/mol. The van der Waals surface area contributed by atoms with Gasteiger partial charge in [-0.25, -0.2) is 0 Å². The van der Waals surface area contributed by atoms with Gasteiger partial charge in [-0.3, -0.25) is 4.98 Å². The highest BCUT2D eigenvalue weighted by molar-refractivity contribution is 9.11. The van der Waals surface area contributed by atoms with Gasteiger partial charge in [0.1, 0.15) is 0 Å². The van der Waals surface area contributed by atoms with Gasteiger partial charge < -0.3 is 5.32 Å². The lowest BCUT2D eigenvalue weighted by molar-refractivity contribution is 0.531. The topological polar surface area (TPSA) is 24.9 Å². The molecule has 0 aliphatic heterocycles. The fourth-order valence-electron chi connectivity index (χ4n) is 1.23. The number of nitrogens with one attached hydrogen (secondary N) is 1. The number of pyridine rings is 1. The predicted octanol–water partition coefficient (Wildman–Crippen LogP) is 3.25. The van der Waals surface area contributed by atoms with Crippen molar-refractivity contribution >= 4 is 31.9 Å². The molecule has 0 saturated heterocycles. The molecule has 0 bridgehead atoms. The van der Waals surface area contributed by atoms with Crippen LogP contribution in [0.2, 0.25) is 0 Å². The zero-order chi connectivity index (χ0) is 10.2. The average molecular weight is 320 g/mol. The molecule has 1 aromatic heterocycles. The zero-order valence-corrected chi connectivity index (χ0v) is 11.2. The van der Waals surface area contributed by atoms with E-state index in [4.69, 9.17) is 0 Å². The van der Waals surface area contributed by atoms with Crippen LogP contribution in [0.3, 0.4) is 0 Å². The highest BCUT2D eigenvalue weighted by Crippen LogP contribution is 2.34. The monoisotopic (exact) mass is 318 g/mol. The van der Waals surface area contributed by atoms with Crippen LogP contribution in [0.1, 0.15) is 25.5 Å². The van der Waals surface area contributed by atoms with Crippen molar-refractivity contribution in [3.05, 3.63) is 26.9 Å². The van der Waals surface area contributed by atoms with Crippen LogP contribution < -0.4 is 5.32 Å². The Morgan fingerprint density at radius 1 is 1.50 bits per heavy atom. The second-order valence-corrected chi connectivity index (χ2v) is 5.77. The summed E-state index contributed by atoms with van der Waals surface area (Å²) in [6.07, 6.45) is 4.39. The van der Waals surface area contributed by atoms with E-state index in [0.29, 0.717) is 5.54 Å². The number of nitrogens with zero attached hydrogens (tertiary/aromatic N) is 1. The van der Waals surface area contributed by atoms with Crippen LogP contribution in [0.25, 0.3) is 0 Å². The molecule has 1 aliphatic carbocycles. The summed E-state index contributed by atoms with van der Waals surface area (Å²) in [5.41, 5.74) is 1.44. The van der Waals surface area contributed by atoms with Gasteiger partial charge in [0, 0.05) is 27.2 Å². The van der Waals surface area contributed by atoms with Gasteiger partial charge in [-0.2, -0.15) is 0 Å². The first-order valence-electron chi connectivity index (χ1n) is 4.64. The lowest BCUT2D eigenvalue weighted by Gasteiger charge is -2.11. The lowest BCUT2D eigenvalue weighted by Crippen LogP contribution is -2.27. The molecule has 0 unspecified atom stereocenters. The van der Waals surface area contributed by atoms with Gasteiger partial charge in [0.05, 0.1) is 5.69 Å². The van der Waals surface area contributed by atoms with Crippen LogP contribution in [0.15, 0.2) is 21.2 Å². The third-order valence-corrected chi connectivity index (χ3v) is 3.69. The molecule has 1 aromatic rings. The normalized spacial score (nSPS) is 18.2. The average Bonchev–Trinajstić information content (AvgIpc) is 2.83. The highest BCUT2D eigenvalue weighted by atomic mass is 79.9. The van der Waals surface area contributed by atoms with E-state index in [1.54, 1.807) is 0 Å². The van der Waals surface area contributed by atoms with Gasteiger partial charge in [0.25, 0.3) is 0 Å². The van der Waals surface area contributed by atoms with E-state index in [1.165, 1.54) is 12.8 Å². The van der Waals surface area contributed by atoms with E-state index >= 15 is 0 Å². The highest BCUT2D eigenvalue weighted by Gasteiger charge is 2.36. The molecule has 1 aliphatic rings. The van der Waals surface area contributed by atoms with Crippen molar-refractivity contribution in [2.24, 2.45) is 0 Å². The summed E-state index contributed by atoms with van der Waals surface area (Å²) in [4.78, 5) is 4.35. The molecule has 1 N–H and O–H groups in total. The number of hydrogen-bond acceptors (Lipinski definition) is 2. The van der Waals surface area contributed by atoms with Crippen LogP contribution in [0.4, 0.5) is 0 Å². The first-order chi connectivity index (χ1) is 6.59. The maximum Gasteiger partial charge on any atom is 0.0684 e. The van der Waals surface area contributed by atoms with Crippen molar-refractivity contribution in [3.8, 4) is 0 Å². The first kappa shape index (κ1) is 10.6. The molecular formula is C10H12Br2N2. The molecule has 0 atom stereocenters. The van der Waals surface area contributed by atoms with Crippen molar-refractivity contribution in [2.45, 2.75) is 31.8 Å². The molecule has 1 heterocycles. The van der Waals surface area contributed by atoms with E-state index in [-0.39, 0.29) is 0 Å². The third kappa shape index (κ3) is 2.55. The largest absolute Gasteiger partial charge is 0.306 e. The van der Waals surface area contributed by atoms with Crippen molar-refractivity contribution in [3.63, 3.8) is 0 Å². The fourth-order valence-corrected chi connectivity index (χ4v) is 2.36. The Balaban J connectivity index is 2.02. The maximum atomic E-state index is 4.35. The van der Waals surface area contributed by atoms with Gasteiger partial charge >= 0.3 is 0 Å². The van der Waals surface area contributed by atoms with E-state index in [9.17, 15) is 0 Å². The van der Waals surface area contributed by atoms with E-state index in [2.05, 4.69) is 49.1 Å². The molecule has 0 spiro atoms. The van der Waals surface area contributed by atoms with Crippen molar-refractivity contribution in [2.75, 3.05) is 0 Å². The predicted molar refractivity (Wildman–Crippen MR) is 64.1 cm³/mol. The SMILES string of the molecule is CC1(NCc2ncc(Br)cc2Br)CC1. The summed E-state index contributed by atoms with van der Waals surface area (Å²) in [6.45, 7) is 3.09. The molecule has 1 fully saturated rings. The van der Waals surface area contributed by atoms with Gasteiger partial charge in [0.15, 0.2) is 0 Å². The Kier molecular flexibility index (Phi) is 2.96. The van der Waals surface area contributed by atoms with Crippen molar-refractivity contribution in [1.82, 2.24) is 10.3 Å². The molecule has 76 valence electrons. The molecule has 2 nitrogen and oxygen atoms in total. The smallest absolute Gasteiger partial charge is 0.0684 e. The quantitative estimate of drug-likeness (QED) is 0.925. The van der Waals surface area contributed by atoms with Gasteiger partial charge in [-0.05, 0) is 57.7 Å². The minimum atomic E-state index is 0.369. The summed E-state index contributed by atoms with van der Waals surface area (Å²) in [5, 5.41) is 3.50. The van der Waals surface area contributed by atoms with Gasteiger partial charge in [-0.15, -0.1) is 0 Å². The summed E-state index contributed by atoms with van der Waals surface area (Å²) in [5.74, 6) is 0. The van der Waals surface area contributed by atoms with E-state index in [0.717, 1.165) is 21.2 Å². The third-order valence-electron chi connectivity index (χ3n) is 2.57. The van der Waals surface area contributed by atoms with E-state index in [1.807, 2.05) is 12.3 Å². The van der Waals surface area contributed by atoms with Crippen LogP contribution in [0.5, 0.6) is 0 Å². The fraction of sp³-hybridized carbons (Fsp3) is 0.500. The van der Waals surface area contributed by atoms with Crippen molar-refractivity contribution in [1.29, 1.82) is 0 Å². The first-order valence-corrected chi connectivity index (χ1v) is 6.23. The molecule has 1 saturated carbocycles.